The molecular formula is C17H11ClF2N2OS. The molecule has 0 radical (unpaired) electrons. The zero-order chi connectivity index (χ0) is 17.5. The molecular weight excluding hydrogens is 354 g/mol. The monoisotopic (exact) mass is 364 g/mol. The van der Waals surface area contributed by atoms with Gasteiger partial charge in [0.15, 0.2) is 0 Å². The van der Waals surface area contributed by atoms with E-state index in [9.17, 15) is 13.6 Å². The lowest BCUT2D eigenvalue weighted by Crippen LogP contribution is -2.09. The van der Waals surface area contributed by atoms with E-state index in [0.29, 0.717) is 11.1 Å². The maximum absolute atomic E-state index is 12.6. The van der Waals surface area contributed by atoms with Crippen molar-refractivity contribution < 1.29 is 13.6 Å². The molecule has 24 heavy (non-hydrogen) atoms. The van der Waals surface area contributed by atoms with Gasteiger partial charge in [-0.05, 0) is 29.8 Å². The smallest absolute Gasteiger partial charge is 0.289 e. The third-order valence-electron chi connectivity index (χ3n) is 2.93. The Hall–Kier alpha value is -2.36. The Balaban J connectivity index is 2.17. The van der Waals surface area contributed by atoms with Crippen LogP contribution >= 0.6 is 23.4 Å². The fraction of sp³-hybridized carbons (Fsp3) is 0.0588. The summed E-state index contributed by atoms with van der Waals surface area (Å²) in [6.45, 7) is 0. The van der Waals surface area contributed by atoms with Crippen LogP contribution in [0, 0.1) is 11.3 Å². The lowest BCUT2D eigenvalue weighted by Gasteiger charge is -2.10. The zero-order valence-electron chi connectivity index (χ0n) is 12.2. The van der Waals surface area contributed by atoms with Crippen molar-refractivity contribution in [3.05, 3.63) is 64.7 Å². The molecule has 2 aromatic rings. The van der Waals surface area contributed by atoms with Crippen molar-refractivity contribution in [1.29, 1.82) is 5.26 Å². The quantitative estimate of drug-likeness (QED) is 0.587. The minimum absolute atomic E-state index is 0.105. The summed E-state index contributed by atoms with van der Waals surface area (Å²) < 4.78 is 25.2. The Labute approximate surface area is 146 Å². The number of nitriles is 1. The molecule has 0 unspecified atom stereocenters. The van der Waals surface area contributed by atoms with E-state index >= 15 is 0 Å². The second-order valence-electron chi connectivity index (χ2n) is 4.52. The molecule has 0 fully saturated rings. The number of halogens is 3. The highest BCUT2D eigenvalue weighted by molar-refractivity contribution is 7.99. The molecule has 0 saturated carbocycles. The Morgan fingerprint density at radius 3 is 2.71 bits per heavy atom. The van der Waals surface area contributed by atoms with Gasteiger partial charge in [-0.2, -0.15) is 14.0 Å². The molecule has 0 heterocycles. The summed E-state index contributed by atoms with van der Waals surface area (Å²) in [4.78, 5) is 12.1. The topological polar surface area (TPSA) is 52.9 Å². The van der Waals surface area contributed by atoms with Crippen LogP contribution in [0.3, 0.4) is 0 Å². The number of nitrogens with one attached hydrogen (secondary N) is 1. The van der Waals surface area contributed by atoms with Crippen LogP contribution in [0.5, 0.6) is 0 Å². The van der Waals surface area contributed by atoms with E-state index in [-0.39, 0.29) is 27.4 Å². The number of thioether (sulfide) groups is 1. The highest BCUT2D eigenvalue weighted by Crippen LogP contribution is 2.37. The highest BCUT2D eigenvalue weighted by Gasteiger charge is 2.14. The van der Waals surface area contributed by atoms with Gasteiger partial charge in [0.25, 0.3) is 5.76 Å². The van der Waals surface area contributed by atoms with Gasteiger partial charge in [-0.25, -0.2) is 0 Å². The van der Waals surface area contributed by atoms with Gasteiger partial charge in [-0.3, -0.25) is 4.79 Å². The maximum Gasteiger partial charge on any atom is 0.289 e. The first-order valence-electron chi connectivity index (χ1n) is 6.73. The molecule has 0 aliphatic carbocycles. The van der Waals surface area contributed by atoms with Crippen molar-refractivity contribution in [1.82, 2.24) is 0 Å². The number of rotatable bonds is 5. The van der Waals surface area contributed by atoms with Gasteiger partial charge in [0.05, 0.1) is 27.2 Å². The Kier molecular flexibility index (Phi) is 6.36. The molecule has 0 aliphatic heterocycles. The van der Waals surface area contributed by atoms with Gasteiger partial charge in [0, 0.05) is 6.08 Å². The van der Waals surface area contributed by atoms with Crippen LogP contribution in [0.2, 0.25) is 5.02 Å². The van der Waals surface area contributed by atoms with Crippen LogP contribution in [-0.2, 0) is 4.79 Å². The molecule has 1 amide bonds. The summed E-state index contributed by atoms with van der Waals surface area (Å²) in [6.07, 6.45) is 2.71. The number of carbonyl (C=O) groups excluding carboxylic acids is 1. The Morgan fingerprint density at radius 2 is 2.00 bits per heavy atom. The van der Waals surface area contributed by atoms with Gasteiger partial charge in [0.2, 0.25) is 5.91 Å². The summed E-state index contributed by atoms with van der Waals surface area (Å²) in [5.41, 5.74) is 1.22. The molecule has 122 valence electrons. The lowest BCUT2D eigenvalue weighted by atomic mass is 10.1. The Bertz CT molecular complexity index is 818. The number of amides is 1. The average molecular weight is 365 g/mol. The molecule has 0 aliphatic rings. The van der Waals surface area contributed by atoms with E-state index in [4.69, 9.17) is 16.9 Å². The first-order valence-corrected chi connectivity index (χ1v) is 7.98. The first-order chi connectivity index (χ1) is 11.5. The minimum atomic E-state index is -2.65. The molecule has 3 nitrogen and oxygen atoms in total. The number of hydrogen-bond acceptors (Lipinski definition) is 3. The van der Waals surface area contributed by atoms with Gasteiger partial charge in [0.1, 0.15) is 0 Å². The number of anilines is 1. The molecule has 0 atom stereocenters. The van der Waals surface area contributed by atoms with Crippen molar-refractivity contribution in [2.24, 2.45) is 0 Å². The van der Waals surface area contributed by atoms with Crippen LogP contribution < -0.4 is 5.32 Å². The maximum atomic E-state index is 12.6. The number of carbonyl (C=O) groups is 1. The van der Waals surface area contributed by atoms with Crippen LogP contribution in [0.25, 0.3) is 6.08 Å². The van der Waals surface area contributed by atoms with E-state index in [0.717, 1.165) is 0 Å². The molecule has 0 aromatic heterocycles. The van der Waals surface area contributed by atoms with Crippen LogP contribution in [-0.4, -0.2) is 11.7 Å². The van der Waals surface area contributed by atoms with Gasteiger partial charge < -0.3 is 5.32 Å². The lowest BCUT2D eigenvalue weighted by molar-refractivity contribution is -0.111. The molecule has 2 aromatic carbocycles. The highest BCUT2D eigenvalue weighted by atomic mass is 35.5. The average Bonchev–Trinajstić information content (AvgIpc) is 2.56. The van der Waals surface area contributed by atoms with E-state index in [1.54, 1.807) is 30.3 Å². The summed E-state index contributed by atoms with van der Waals surface area (Å²) in [5, 5.41) is 11.7. The largest absolute Gasteiger partial charge is 0.321 e. The van der Waals surface area contributed by atoms with Crippen molar-refractivity contribution >= 4 is 41.0 Å². The first kappa shape index (κ1) is 18.0. The summed E-state index contributed by atoms with van der Waals surface area (Å²) in [6, 6.07) is 13.3. The molecule has 0 bridgehead atoms. The van der Waals surface area contributed by atoms with Crippen molar-refractivity contribution in [2.45, 2.75) is 10.7 Å². The van der Waals surface area contributed by atoms with E-state index in [1.165, 1.54) is 24.3 Å². The van der Waals surface area contributed by atoms with Crippen molar-refractivity contribution in [2.75, 3.05) is 5.32 Å². The molecule has 7 heteroatoms. The molecule has 0 spiro atoms. The van der Waals surface area contributed by atoms with Gasteiger partial charge >= 0.3 is 0 Å². The molecule has 2 rings (SSSR count). The number of alkyl halides is 2. The van der Waals surface area contributed by atoms with Crippen LogP contribution in [0.1, 0.15) is 11.1 Å². The van der Waals surface area contributed by atoms with E-state index in [2.05, 4.69) is 5.32 Å². The molecule has 1 N–H and O–H groups in total. The standard InChI is InChI=1S/C17H11ClF2N2OS/c18-13-6-3-7-14(16(13)24-17(19)20)22-15(23)9-8-11-4-1-2-5-12(11)10-21/h1-9,17H,(H,22,23)/b9-8+. The summed E-state index contributed by atoms with van der Waals surface area (Å²) in [7, 11) is 0. The van der Waals surface area contributed by atoms with Crippen LogP contribution in [0.15, 0.2) is 53.4 Å². The fourth-order valence-corrected chi connectivity index (χ4v) is 2.81. The predicted molar refractivity (Wildman–Crippen MR) is 92.1 cm³/mol. The SMILES string of the molecule is N#Cc1ccccc1/C=C/C(=O)Nc1cccc(Cl)c1SC(F)F. The normalized spacial score (nSPS) is 10.8. The zero-order valence-corrected chi connectivity index (χ0v) is 13.7. The van der Waals surface area contributed by atoms with Gasteiger partial charge in [-0.15, -0.1) is 0 Å². The Morgan fingerprint density at radius 1 is 1.25 bits per heavy atom. The third kappa shape index (κ3) is 4.82. The number of benzene rings is 2. The van der Waals surface area contributed by atoms with Crippen molar-refractivity contribution in [3.63, 3.8) is 0 Å². The van der Waals surface area contributed by atoms with E-state index < -0.39 is 11.7 Å². The van der Waals surface area contributed by atoms with E-state index in [1.807, 2.05) is 6.07 Å². The molecule has 0 saturated heterocycles. The predicted octanol–water partition coefficient (Wildman–Crippen LogP) is 5.18. The van der Waals surface area contributed by atoms with Gasteiger partial charge in [-0.1, -0.05) is 47.6 Å². The minimum Gasteiger partial charge on any atom is -0.321 e. The van der Waals surface area contributed by atoms with Crippen molar-refractivity contribution in [3.8, 4) is 6.07 Å². The summed E-state index contributed by atoms with van der Waals surface area (Å²) >= 11 is 6.18. The second-order valence-corrected chi connectivity index (χ2v) is 5.92. The van der Waals surface area contributed by atoms with Crippen LogP contribution in [0.4, 0.5) is 14.5 Å². The third-order valence-corrected chi connectivity index (χ3v) is 4.21. The summed E-state index contributed by atoms with van der Waals surface area (Å²) in [5.74, 6) is -3.17. The number of hydrogen-bond donors (Lipinski definition) is 1. The fourth-order valence-electron chi connectivity index (χ4n) is 1.90. The number of nitrogens with zero attached hydrogens (tertiary/aromatic N) is 1. The second kappa shape index (κ2) is 8.48.